The summed E-state index contributed by atoms with van der Waals surface area (Å²) in [7, 11) is 0. The molecule has 0 aliphatic carbocycles. The highest BCUT2D eigenvalue weighted by atomic mass is 16.7. The van der Waals surface area contributed by atoms with Gasteiger partial charge in [0.25, 0.3) is 0 Å². The Balaban J connectivity index is 2.31. The molecule has 1 fully saturated rings. The van der Waals surface area contributed by atoms with Crippen molar-refractivity contribution in [3.8, 4) is 0 Å². The largest absolute Gasteiger partial charge is 0.507 e. The van der Waals surface area contributed by atoms with Gasteiger partial charge in [-0.25, -0.2) is 9.59 Å². The zero-order valence-electron chi connectivity index (χ0n) is 4.86. The van der Waals surface area contributed by atoms with Gasteiger partial charge in [0, 0.05) is 0 Å². The van der Waals surface area contributed by atoms with E-state index >= 15 is 0 Å². The van der Waals surface area contributed by atoms with Gasteiger partial charge in [-0.05, 0) is 0 Å². The first-order chi connectivity index (χ1) is 4.68. The van der Waals surface area contributed by atoms with Gasteiger partial charge in [-0.15, -0.1) is 0 Å². The second-order valence-electron chi connectivity index (χ2n) is 1.62. The number of hydrogen-bond acceptors (Lipinski definition) is 4. The number of hydrogen-bond donors (Lipinski definition) is 2. The standard InChI is InChI=1S/C4H5NO5/c6-3-5-2(1-9-3)10-4(7)8/h2H,1H2,(H,5,6)(H,7,8). The van der Waals surface area contributed by atoms with Gasteiger partial charge in [-0.1, -0.05) is 0 Å². The van der Waals surface area contributed by atoms with Crippen LogP contribution in [0.2, 0.25) is 0 Å². The van der Waals surface area contributed by atoms with Crippen LogP contribution in [0.25, 0.3) is 0 Å². The Morgan fingerprint density at radius 3 is 3.00 bits per heavy atom. The highest BCUT2D eigenvalue weighted by molar-refractivity contribution is 5.70. The molecular formula is C4H5NO5. The Morgan fingerprint density at radius 1 is 1.90 bits per heavy atom. The van der Waals surface area contributed by atoms with Crippen molar-refractivity contribution in [2.75, 3.05) is 6.61 Å². The zero-order chi connectivity index (χ0) is 7.56. The normalized spacial score (nSPS) is 23.2. The first kappa shape index (κ1) is 6.66. The predicted molar refractivity (Wildman–Crippen MR) is 27.4 cm³/mol. The second kappa shape index (κ2) is 2.42. The van der Waals surface area contributed by atoms with Crippen LogP contribution < -0.4 is 5.32 Å². The number of rotatable bonds is 1. The van der Waals surface area contributed by atoms with Crippen LogP contribution >= 0.6 is 0 Å². The van der Waals surface area contributed by atoms with Crippen molar-refractivity contribution in [2.45, 2.75) is 6.23 Å². The maximum absolute atomic E-state index is 10.2. The number of carbonyl (C=O) groups excluding carboxylic acids is 1. The van der Waals surface area contributed by atoms with Crippen LogP contribution in [0.1, 0.15) is 0 Å². The molecule has 1 saturated heterocycles. The Kier molecular flexibility index (Phi) is 1.61. The molecule has 1 amide bonds. The van der Waals surface area contributed by atoms with E-state index in [4.69, 9.17) is 5.11 Å². The molecule has 1 heterocycles. The minimum absolute atomic E-state index is 0.0644. The lowest BCUT2D eigenvalue weighted by Gasteiger charge is -2.03. The fraction of sp³-hybridized carbons (Fsp3) is 0.500. The first-order valence-corrected chi connectivity index (χ1v) is 2.51. The molecule has 1 rings (SSSR count). The van der Waals surface area contributed by atoms with Crippen LogP contribution in [0.4, 0.5) is 9.59 Å². The van der Waals surface area contributed by atoms with Crippen LogP contribution in [-0.4, -0.2) is 30.2 Å². The molecule has 0 aromatic carbocycles. The summed E-state index contributed by atoms with van der Waals surface area (Å²) in [4.78, 5) is 20.1. The van der Waals surface area contributed by atoms with E-state index in [0.717, 1.165) is 0 Å². The monoisotopic (exact) mass is 147 g/mol. The summed E-state index contributed by atoms with van der Waals surface area (Å²) in [6.45, 7) is -0.0644. The molecule has 1 aliphatic heterocycles. The molecule has 0 bridgehead atoms. The Bertz CT molecular complexity index is 167. The summed E-state index contributed by atoms with van der Waals surface area (Å²) in [5, 5.41) is 10.2. The van der Waals surface area contributed by atoms with E-state index in [9.17, 15) is 9.59 Å². The van der Waals surface area contributed by atoms with E-state index in [2.05, 4.69) is 14.8 Å². The third-order valence-electron chi connectivity index (χ3n) is 0.888. The number of amides is 1. The fourth-order valence-corrected chi connectivity index (χ4v) is 0.551. The lowest BCUT2D eigenvalue weighted by Crippen LogP contribution is -2.30. The van der Waals surface area contributed by atoms with Crippen molar-refractivity contribution in [3.63, 3.8) is 0 Å². The Labute approximate surface area is 55.7 Å². The fourth-order valence-electron chi connectivity index (χ4n) is 0.551. The number of ether oxygens (including phenoxy) is 2. The smallest absolute Gasteiger partial charge is 0.450 e. The van der Waals surface area contributed by atoms with Gasteiger partial charge < -0.3 is 14.6 Å². The van der Waals surface area contributed by atoms with E-state index in [0.29, 0.717) is 0 Å². The van der Waals surface area contributed by atoms with E-state index in [1.807, 2.05) is 0 Å². The van der Waals surface area contributed by atoms with Crippen molar-refractivity contribution in [3.05, 3.63) is 0 Å². The zero-order valence-corrected chi connectivity index (χ0v) is 4.86. The lowest BCUT2D eigenvalue weighted by atomic mass is 10.6. The van der Waals surface area contributed by atoms with Crippen molar-refractivity contribution >= 4 is 12.2 Å². The molecule has 10 heavy (non-hydrogen) atoms. The summed E-state index contributed by atoms with van der Waals surface area (Å²) in [6.07, 6.45) is -2.95. The van der Waals surface area contributed by atoms with E-state index in [-0.39, 0.29) is 6.61 Å². The second-order valence-corrected chi connectivity index (χ2v) is 1.62. The summed E-state index contributed by atoms with van der Waals surface area (Å²) in [5.41, 5.74) is 0. The predicted octanol–water partition coefficient (Wildman–Crippen LogP) is -0.253. The molecule has 1 aliphatic rings. The number of nitrogens with one attached hydrogen (secondary N) is 1. The highest BCUT2D eigenvalue weighted by Crippen LogP contribution is 1.98. The van der Waals surface area contributed by atoms with Crippen molar-refractivity contribution in [1.29, 1.82) is 0 Å². The van der Waals surface area contributed by atoms with E-state index < -0.39 is 18.5 Å². The molecule has 6 nitrogen and oxygen atoms in total. The van der Waals surface area contributed by atoms with Crippen molar-refractivity contribution in [1.82, 2.24) is 5.32 Å². The molecule has 0 aromatic heterocycles. The Hall–Kier alpha value is -1.46. The van der Waals surface area contributed by atoms with Gasteiger partial charge in [0.15, 0.2) is 0 Å². The minimum Gasteiger partial charge on any atom is -0.450 e. The molecular weight excluding hydrogens is 142 g/mol. The highest BCUT2D eigenvalue weighted by Gasteiger charge is 2.24. The summed E-state index contributed by atoms with van der Waals surface area (Å²) in [6, 6.07) is 0. The summed E-state index contributed by atoms with van der Waals surface area (Å²) in [5.74, 6) is 0. The summed E-state index contributed by atoms with van der Waals surface area (Å²) >= 11 is 0. The summed E-state index contributed by atoms with van der Waals surface area (Å²) < 4.78 is 8.47. The number of carbonyl (C=O) groups is 2. The van der Waals surface area contributed by atoms with E-state index in [1.54, 1.807) is 0 Å². The molecule has 0 aromatic rings. The van der Waals surface area contributed by atoms with Gasteiger partial charge in [-0.3, -0.25) is 5.32 Å². The van der Waals surface area contributed by atoms with Gasteiger partial charge in [0.2, 0.25) is 6.23 Å². The number of carboxylic acid groups (broad SMARTS) is 1. The topological polar surface area (TPSA) is 84.9 Å². The lowest BCUT2D eigenvalue weighted by molar-refractivity contribution is 0.0400. The Morgan fingerprint density at radius 2 is 2.60 bits per heavy atom. The van der Waals surface area contributed by atoms with Crippen LogP contribution in [0, 0.1) is 0 Å². The van der Waals surface area contributed by atoms with Crippen LogP contribution in [0.3, 0.4) is 0 Å². The molecule has 1 unspecified atom stereocenters. The molecule has 56 valence electrons. The minimum atomic E-state index is -1.43. The average Bonchev–Trinajstić information content (AvgIpc) is 2.13. The number of cyclic esters (lactones) is 1. The third kappa shape index (κ3) is 1.51. The SMILES string of the molecule is O=C(O)OC1COC(=O)N1. The van der Waals surface area contributed by atoms with Gasteiger partial charge in [-0.2, -0.15) is 0 Å². The molecule has 0 radical (unpaired) electrons. The van der Waals surface area contributed by atoms with E-state index in [1.165, 1.54) is 0 Å². The molecule has 6 heteroatoms. The van der Waals surface area contributed by atoms with Crippen molar-refractivity contribution in [2.24, 2.45) is 0 Å². The first-order valence-electron chi connectivity index (χ1n) is 2.51. The average molecular weight is 147 g/mol. The molecule has 0 spiro atoms. The maximum Gasteiger partial charge on any atom is 0.507 e. The maximum atomic E-state index is 10.2. The van der Waals surface area contributed by atoms with Gasteiger partial charge >= 0.3 is 12.2 Å². The quantitative estimate of drug-likeness (QED) is 0.499. The van der Waals surface area contributed by atoms with Gasteiger partial charge in [0.1, 0.15) is 6.61 Å². The molecule has 0 saturated carbocycles. The van der Waals surface area contributed by atoms with Crippen LogP contribution in [0.15, 0.2) is 0 Å². The van der Waals surface area contributed by atoms with Crippen molar-refractivity contribution < 1.29 is 24.2 Å². The molecule has 2 N–H and O–H groups in total. The van der Waals surface area contributed by atoms with Crippen LogP contribution in [0.5, 0.6) is 0 Å². The molecule has 1 atom stereocenters. The van der Waals surface area contributed by atoms with Gasteiger partial charge in [0.05, 0.1) is 0 Å². The van der Waals surface area contributed by atoms with Crippen LogP contribution in [-0.2, 0) is 9.47 Å². The third-order valence-corrected chi connectivity index (χ3v) is 0.888. The number of alkyl carbamates (subject to hydrolysis) is 1.